The summed E-state index contributed by atoms with van der Waals surface area (Å²) < 4.78 is 4.60. The van der Waals surface area contributed by atoms with E-state index in [1.807, 2.05) is 22.9 Å². The molecule has 0 aliphatic carbocycles. The molecule has 0 unspecified atom stereocenters. The number of aliphatic hydroxyl groups is 1. The van der Waals surface area contributed by atoms with Gasteiger partial charge in [-0.25, -0.2) is 4.68 Å². The highest BCUT2D eigenvalue weighted by atomic mass is 32.1. The van der Waals surface area contributed by atoms with Crippen LogP contribution in [0.5, 0.6) is 0 Å². The molecule has 1 saturated heterocycles. The number of benzene rings is 2. The zero-order valence-electron chi connectivity index (χ0n) is 16.4. The van der Waals surface area contributed by atoms with E-state index in [1.54, 1.807) is 0 Å². The van der Waals surface area contributed by atoms with Crippen LogP contribution in [0.1, 0.15) is 24.0 Å². The zero-order valence-corrected chi connectivity index (χ0v) is 17.2. The van der Waals surface area contributed by atoms with Crippen LogP contribution in [0.2, 0.25) is 0 Å². The lowest BCUT2D eigenvalue weighted by Crippen LogP contribution is -2.39. The minimum absolute atomic E-state index is 0.265. The maximum atomic E-state index is 10.00. The van der Waals surface area contributed by atoms with Crippen molar-refractivity contribution in [3.05, 3.63) is 64.4 Å². The molecule has 1 fully saturated rings. The van der Waals surface area contributed by atoms with E-state index in [0.29, 0.717) is 18.0 Å². The molecule has 146 valence electrons. The van der Waals surface area contributed by atoms with Crippen molar-refractivity contribution in [2.45, 2.75) is 39.5 Å². The summed E-state index contributed by atoms with van der Waals surface area (Å²) in [6.45, 7) is 6.44. The molecule has 2 heterocycles. The Bertz CT molecular complexity index is 1020. The fraction of sp³-hybridized carbons (Fsp3) is 0.364. The number of β-amino-alcohol motifs (C(OH)–C–C–N with tert-alkyl or cyclic N) is 1. The van der Waals surface area contributed by atoms with Gasteiger partial charge in [0.2, 0.25) is 4.77 Å². The van der Waals surface area contributed by atoms with Crippen LogP contribution in [0.3, 0.4) is 0 Å². The van der Waals surface area contributed by atoms with Crippen LogP contribution in [0.15, 0.2) is 48.5 Å². The minimum Gasteiger partial charge on any atom is -0.392 e. The summed E-state index contributed by atoms with van der Waals surface area (Å²) in [4.78, 5) is 2.22. The molecule has 0 spiro atoms. The highest BCUT2D eigenvalue weighted by molar-refractivity contribution is 7.71. The van der Waals surface area contributed by atoms with Gasteiger partial charge in [0, 0.05) is 18.7 Å². The molecule has 28 heavy (non-hydrogen) atoms. The van der Waals surface area contributed by atoms with Crippen molar-refractivity contribution in [2.75, 3.05) is 13.1 Å². The van der Waals surface area contributed by atoms with E-state index < -0.39 is 0 Å². The van der Waals surface area contributed by atoms with E-state index in [4.69, 9.17) is 17.3 Å². The van der Waals surface area contributed by atoms with Crippen molar-refractivity contribution in [2.24, 2.45) is 0 Å². The number of hydrogen-bond donors (Lipinski definition) is 1. The Balaban J connectivity index is 1.80. The maximum absolute atomic E-state index is 10.00. The third kappa shape index (κ3) is 3.81. The molecule has 2 aromatic carbocycles. The molecule has 0 radical (unpaired) electrons. The normalized spacial score (nSPS) is 17.8. The monoisotopic (exact) mass is 394 g/mol. The minimum atomic E-state index is -0.265. The van der Waals surface area contributed by atoms with Crippen LogP contribution in [-0.4, -0.2) is 43.5 Å². The second-order valence-corrected chi connectivity index (χ2v) is 7.96. The topological polar surface area (TPSA) is 46.2 Å². The van der Waals surface area contributed by atoms with E-state index in [1.165, 1.54) is 11.1 Å². The molecule has 6 heteroatoms. The lowest BCUT2D eigenvalue weighted by Gasteiger charge is -2.29. The van der Waals surface area contributed by atoms with Gasteiger partial charge in [0.05, 0.1) is 18.5 Å². The van der Waals surface area contributed by atoms with Crippen LogP contribution < -0.4 is 0 Å². The molecule has 1 atom stereocenters. The first kappa shape index (κ1) is 19.1. The number of rotatable bonds is 4. The Morgan fingerprint density at radius 3 is 2.61 bits per heavy atom. The van der Waals surface area contributed by atoms with E-state index in [9.17, 15) is 5.11 Å². The van der Waals surface area contributed by atoms with Gasteiger partial charge >= 0.3 is 0 Å². The largest absolute Gasteiger partial charge is 0.392 e. The smallest absolute Gasteiger partial charge is 0.204 e. The molecule has 1 N–H and O–H groups in total. The number of aromatic nitrogens is 3. The highest BCUT2D eigenvalue weighted by Gasteiger charge is 2.20. The van der Waals surface area contributed by atoms with Crippen LogP contribution in [0, 0.1) is 18.6 Å². The standard InChI is InChI=1S/C22H26N4OS/c1-16-10-11-19(13-17(16)2)26-21(18-7-4-3-5-8-18)23-25(22(26)28)15-24-12-6-9-20(27)14-24/h3-5,7-8,10-11,13,20,27H,6,9,12,14-15H2,1-2H3/t20-/m1/s1. The quantitative estimate of drug-likeness (QED) is 0.677. The van der Waals surface area contributed by atoms with Gasteiger partial charge in [-0.15, -0.1) is 5.10 Å². The number of hydrogen-bond acceptors (Lipinski definition) is 4. The number of aliphatic hydroxyl groups excluding tert-OH is 1. The first-order valence-corrected chi connectivity index (χ1v) is 10.2. The Hall–Kier alpha value is -2.28. The Labute approximate surface area is 170 Å². The van der Waals surface area contributed by atoms with Gasteiger partial charge in [0.25, 0.3) is 0 Å². The number of piperidine rings is 1. The van der Waals surface area contributed by atoms with Crippen molar-refractivity contribution < 1.29 is 5.11 Å². The van der Waals surface area contributed by atoms with Gasteiger partial charge in [-0.05, 0) is 62.2 Å². The van der Waals surface area contributed by atoms with Crippen molar-refractivity contribution in [3.8, 4) is 17.1 Å². The van der Waals surface area contributed by atoms with Crippen LogP contribution in [0.4, 0.5) is 0 Å². The van der Waals surface area contributed by atoms with Crippen molar-refractivity contribution >= 4 is 12.2 Å². The third-order valence-corrected chi connectivity index (χ3v) is 5.83. The van der Waals surface area contributed by atoms with Gasteiger partial charge in [0.1, 0.15) is 0 Å². The molecular formula is C22H26N4OS. The molecule has 1 aliphatic heterocycles. The maximum Gasteiger partial charge on any atom is 0.204 e. The summed E-state index contributed by atoms with van der Waals surface area (Å²) in [5, 5.41) is 14.9. The zero-order chi connectivity index (χ0) is 19.7. The van der Waals surface area contributed by atoms with Crippen molar-refractivity contribution in [1.82, 2.24) is 19.2 Å². The van der Waals surface area contributed by atoms with Crippen LogP contribution in [-0.2, 0) is 6.67 Å². The summed E-state index contributed by atoms with van der Waals surface area (Å²) in [6, 6.07) is 16.5. The number of nitrogens with zero attached hydrogens (tertiary/aromatic N) is 4. The average Bonchev–Trinajstić information content (AvgIpc) is 3.01. The van der Waals surface area contributed by atoms with E-state index in [-0.39, 0.29) is 6.10 Å². The predicted octanol–water partition coefficient (Wildman–Crippen LogP) is 4.10. The van der Waals surface area contributed by atoms with Crippen molar-refractivity contribution in [1.29, 1.82) is 0 Å². The van der Waals surface area contributed by atoms with Gasteiger partial charge in [0.15, 0.2) is 5.82 Å². The summed E-state index contributed by atoms with van der Waals surface area (Å²) in [5.74, 6) is 0.839. The van der Waals surface area contributed by atoms with Crippen LogP contribution in [0.25, 0.3) is 17.1 Å². The lowest BCUT2D eigenvalue weighted by molar-refractivity contribution is 0.0513. The van der Waals surface area contributed by atoms with E-state index in [2.05, 4.69) is 53.6 Å². The van der Waals surface area contributed by atoms with Crippen LogP contribution >= 0.6 is 12.2 Å². The molecule has 5 nitrogen and oxygen atoms in total. The summed E-state index contributed by atoms with van der Waals surface area (Å²) in [5.41, 5.74) is 4.54. The second-order valence-electron chi connectivity index (χ2n) is 7.59. The van der Waals surface area contributed by atoms with Gasteiger partial charge in [-0.1, -0.05) is 36.4 Å². The lowest BCUT2D eigenvalue weighted by atomic mass is 10.1. The summed E-state index contributed by atoms with van der Waals surface area (Å²) in [6.07, 6.45) is 1.60. The first-order valence-electron chi connectivity index (χ1n) is 9.76. The molecule has 0 bridgehead atoms. The average molecular weight is 395 g/mol. The van der Waals surface area contributed by atoms with Gasteiger partial charge < -0.3 is 5.11 Å². The predicted molar refractivity (Wildman–Crippen MR) is 114 cm³/mol. The Morgan fingerprint density at radius 2 is 1.89 bits per heavy atom. The molecule has 4 rings (SSSR count). The fourth-order valence-electron chi connectivity index (χ4n) is 3.72. The molecule has 1 aromatic heterocycles. The fourth-order valence-corrected chi connectivity index (χ4v) is 4.01. The molecule has 0 saturated carbocycles. The molecule has 3 aromatic rings. The van der Waals surface area contributed by atoms with Crippen molar-refractivity contribution in [3.63, 3.8) is 0 Å². The van der Waals surface area contributed by atoms with Gasteiger partial charge in [-0.3, -0.25) is 9.47 Å². The second kappa shape index (κ2) is 7.99. The van der Waals surface area contributed by atoms with Gasteiger partial charge in [-0.2, -0.15) is 0 Å². The number of aryl methyl sites for hydroxylation is 2. The highest BCUT2D eigenvalue weighted by Crippen LogP contribution is 2.24. The Kier molecular flexibility index (Phi) is 5.44. The molecule has 1 aliphatic rings. The SMILES string of the molecule is Cc1ccc(-n2c(-c3ccccc3)nn(CN3CCC[C@@H](O)C3)c2=S)cc1C. The summed E-state index contributed by atoms with van der Waals surface area (Å²) in [7, 11) is 0. The molecular weight excluding hydrogens is 368 g/mol. The first-order chi connectivity index (χ1) is 13.5. The summed E-state index contributed by atoms with van der Waals surface area (Å²) >= 11 is 5.84. The third-order valence-electron chi connectivity index (χ3n) is 5.43. The van der Waals surface area contributed by atoms with E-state index >= 15 is 0 Å². The Morgan fingerprint density at radius 1 is 1.11 bits per heavy atom. The number of likely N-dealkylation sites (tertiary alicyclic amines) is 1. The van der Waals surface area contributed by atoms with E-state index in [0.717, 1.165) is 36.5 Å². The molecule has 0 amide bonds.